The predicted molar refractivity (Wildman–Crippen MR) is 93.5 cm³/mol. The lowest BCUT2D eigenvalue weighted by Gasteiger charge is -2.35. The lowest BCUT2D eigenvalue weighted by atomic mass is 10.0. The Hall–Kier alpha value is -1.91. The van der Waals surface area contributed by atoms with Crippen molar-refractivity contribution in [2.24, 2.45) is 11.8 Å². The molecule has 0 N–H and O–H groups in total. The Bertz CT molecular complexity index is 663. The Morgan fingerprint density at radius 1 is 1.25 bits per heavy atom. The van der Waals surface area contributed by atoms with Gasteiger partial charge in [0.2, 0.25) is 0 Å². The van der Waals surface area contributed by atoms with Crippen LogP contribution in [-0.2, 0) is 4.74 Å². The van der Waals surface area contributed by atoms with E-state index in [-0.39, 0.29) is 12.1 Å². The highest BCUT2D eigenvalue weighted by Gasteiger charge is 2.47. The summed E-state index contributed by atoms with van der Waals surface area (Å²) in [6.45, 7) is 10.4. The lowest BCUT2D eigenvalue weighted by molar-refractivity contribution is 0.0140. The average Bonchev–Trinajstić information content (AvgIpc) is 3.24. The number of hydrogen-bond donors (Lipinski definition) is 0. The van der Waals surface area contributed by atoms with Crippen molar-refractivity contribution in [2.75, 3.05) is 6.54 Å². The highest BCUT2D eigenvalue weighted by atomic mass is 16.6. The topological polar surface area (TPSA) is 55.3 Å². The summed E-state index contributed by atoms with van der Waals surface area (Å²) in [4.78, 5) is 23.3. The van der Waals surface area contributed by atoms with Crippen molar-refractivity contribution < 1.29 is 9.53 Å². The molecule has 1 aliphatic heterocycles. The van der Waals surface area contributed by atoms with E-state index in [0.29, 0.717) is 5.92 Å². The van der Waals surface area contributed by atoms with Crippen molar-refractivity contribution in [3.8, 4) is 0 Å². The quantitative estimate of drug-likeness (QED) is 0.829. The summed E-state index contributed by atoms with van der Waals surface area (Å²) in [5.74, 6) is 1.41. The number of hydrogen-bond acceptors (Lipinski definition) is 4. The van der Waals surface area contributed by atoms with Gasteiger partial charge >= 0.3 is 6.09 Å². The number of carbonyl (C=O) groups excluding carboxylic acids is 1. The van der Waals surface area contributed by atoms with E-state index in [1.165, 1.54) is 6.42 Å². The summed E-state index contributed by atoms with van der Waals surface area (Å²) in [5.41, 5.74) is 2.25. The number of aromatic nitrogens is 2. The van der Waals surface area contributed by atoms with Crippen LogP contribution in [0.4, 0.5) is 4.79 Å². The monoisotopic (exact) mass is 329 g/mol. The molecule has 1 aromatic rings. The van der Waals surface area contributed by atoms with Gasteiger partial charge in [0, 0.05) is 6.54 Å². The van der Waals surface area contributed by atoms with Crippen LogP contribution in [0.1, 0.15) is 50.7 Å². The molecule has 0 bridgehead atoms. The summed E-state index contributed by atoms with van der Waals surface area (Å²) in [6.07, 6.45) is 7.86. The fourth-order valence-electron chi connectivity index (χ4n) is 3.21. The fraction of sp³-hybridized carbons (Fsp3) is 0.632. The Labute approximate surface area is 144 Å². The van der Waals surface area contributed by atoms with E-state index in [2.05, 4.69) is 16.0 Å². The molecular formula is C19H27N3O2. The van der Waals surface area contributed by atoms with Crippen LogP contribution in [-0.4, -0.2) is 39.1 Å². The maximum absolute atomic E-state index is 12.5. The van der Waals surface area contributed by atoms with Gasteiger partial charge < -0.3 is 9.64 Å². The standard InChI is InChI=1S/C19H27N3O2/c1-12-13(2)21-16(10-20-12)6-7-17-9-14-8-15(14)11-22(17)18(23)24-19(3,4)5/h6-7,10,14-15,17H,8-9,11H2,1-5H3/b7-6+/t14-,15+,17-/m1/s1. The molecule has 0 aromatic carbocycles. The number of amides is 1. The molecule has 1 aliphatic carbocycles. The first-order chi connectivity index (χ1) is 11.2. The summed E-state index contributed by atoms with van der Waals surface area (Å²) in [6, 6.07) is 0.0759. The maximum Gasteiger partial charge on any atom is 0.410 e. The van der Waals surface area contributed by atoms with Gasteiger partial charge in [-0.15, -0.1) is 0 Å². The van der Waals surface area contributed by atoms with Gasteiger partial charge in [-0.3, -0.25) is 9.97 Å². The van der Waals surface area contributed by atoms with Crippen LogP contribution in [0.25, 0.3) is 6.08 Å². The molecule has 0 radical (unpaired) electrons. The van der Waals surface area contributed by atoms with Gasteiger partial charge in [-0.25, -0.2) is 4.79 Å². The summed E-state index contributed by atoms with van der Waals surface area (Å²) >= 11 is 0. The molecule has 0 spiro atoms. The van der Waals surface area contributed by atoms with Gasteiger partial charge in [0.1, 0.15) is 5.60 Å². The molecule has 1 saturated heterocycles. The minimum Gasteiger partial charge on any atom is -0.444 e. The summed E-state index contributed by atoms with van der Waals surface area (Å²) in [7, 11) is 0. The number of carbonyl (C=O) groups is 1. The zero-order chi connectivity index (χ0) is 17.5. The zero-order valence-corrected chi connectivity index (χ0v) is 15.2. The molecule has 2 aliphatic rings. The molecule has 24 heavy (non-hydrogen) atoms. The third kappa shape index (κ3) is 3.94. The van der Waals surface area contributed by atoms with Crippen LogP contribution in [0.5, 0.6) is 0 Å². The molecular weight excluding hydrogens is 302 g/mol. The van der Waals surface area contributed by atoms with Crippen LogP contribution >= 0.6 is 0 Å². The van der Waals surface area contributed by atoms with E-state index in [1.807, 2.05) is 45.6 Å². The Morgan fingerprint density at radius 2 is 2.00 bits per heavy atom. The van der Waals surface area contributed by atoms with E-state index in [0.717, 1.165) is 36.0 Å². The molecule has 1 amide bonds. The molecule has 3 rings (SSSR count). The normalized spacial score (nSPS) is 26.4. The fourth-order valence-corrected chi connectivity index (χ4v) is 3.21. The van der Waals surface area contributed by atoms with Crippen molar-refractivity contribution in [3.63, 3.8) is 0 Å². The summed E-state index contributed by atoms with van der Waals surface area (Å²) < 4.78 is 5.59. The lowest BCUT2D eigenvalue weighted by Crippen LogP contribution is -2.46. The van der Waals surface area contributed by atoms with Crippen molar-refractivity contribution in [1.29, 1.82) is 0 Å². The number of nitrogens with zero attached hydrogens (tertiary/aromatic N) is 3. The number of aryl methyl sites for hydroxylation is 2. The number of rotatable bonds is 2. The van der Waals surface area contributed by atoms with E-state index in [4.69, 9.17) is 4.74 Å². The smallest absolute Gasteiger partial charge is 0.410 e. The van der Waals surface area contributed by atoms with Crippen molar-refractivity contribution in [3.05, 3.63) is 29.4 Å². The first-order valence-corrected chi connectivity index (χ1v) is 8.71. The molecule has 0 unspecified atom stereocenters. The van der Waals surface area contributed by atoms with Crippen molar-refractivity contribution >= 4 is 12.2 Å². The van der Waals surface area contributed by atoms with Crippen LogP contribution in [0.3, 0.4) is 0 Å². The van der Waals surface area contributed by atoms with Crippen molar-refractivity contribution in [2.45, 2.75) is 59.1 Å². The zero-order valence-electron chi connectivity index (χ0n) is 15.2. The van der Waals surface area contributed by atoms with Gasteiger partial charge in [-0.1, -0.05) is 6.08 Å². The SMILES string of the molecule is Cc1ncc(/C=C/[C@@H]2C[C@H]3C[C@H]3CN2C(=O)OC(C)(C)C)nc1C. The Balaban J connectivity index is 1.74. The second kappa shape index (κ2) is 6.19. The van der Waals surface area contributed by atoms with Crippen LogP contribution < -0.4 is 0 Å². The van der Waals surface area contributed by atoms with Gasteiger partial charge in [-0.05, 0) is 65.4 Å². The molecule has 1 saturated carbocycles. The van der Waals surface area contributed by atoms with Crippen LogP contribution in [0.15, 0.2) is 12.3 Å². The largest absolute Gasteiger partial charge is 0.444 e. The van der Waals surface area contributed by atoms with Crippen molar-refractivity contribution in [1.82, 2.24) is 14.9 Å². The van der Waals surface area contributed by atoms with E-state index < -0.39 is 5.60 Å². The molecule has 5 nitrogen and oxygen atoms in total. The number of likely N-dealkylation sites (tertiary alicyclic amines) is 1. The Kier molecular flexibility index (Phi) is 4.37. The minimum atomic E-state index is -0.467. The second-order valence-electron chi connectivity index (χ2n) is 8.02. The average molecular weight is 329 g/mol. The van der Waals surface area contributed by atoms with Crippen LogP contribution in [0.2, 0.25) is 0 Å². The molecule has 2 fully saturated rings. The van der Waals surface area contributed by atoms with Crippen LogP contribution in [0, 0.1) is 25.7 Å². The number of ether oxygens (including phenoxy) is 1. The Morgan fingerprint density at radius 3 is 2.67 bits per heavy atom. The van der Waals surface area contributed by atoms with Gasteiger partial charge in [0.15, 0.2) is 0 Å². The maximum atomic E-state index is 12.5. The third-order valence-corrected chi connectivity index (χ3v) is 4.77. The highest BCUT2D eigenvalue weighted by Crippen LogP contribution is 2.47. The second-order valence-corrected chi connectivity index (χ2v) is 8.02. The first kappa shape index (κ1) is 16.9. The predicted octanol–water partition coefficient (Wildman–Crippen LogP) is 3.75. The van der Waals surface area contributed by atoms with E-state index in [9.17, 15) is 4.79 Å². The minimum absolute atomic E-state index is 0.0759. The molecule has 1 aromatic heterocycles. The van der Waals surface area contributed by atoms with E-state index >= 15 is 0 Å². The molecule has 2 heterocycles. The first-order valence-electron chi connectivity index (χ1n) is 8.71. The van der Waals surface area contributed by atoms with Gasteiger partial charge in [0.25, 0.3) is 0 Å². The number of fused-ring (bicyclic) bond motifs is 1. The summed E-state index contributed by atoms with van der Waals surface area (Å²) in [5, 5.41) is 0. The molecule has 3 atom stereocenters. The highest BCUT2D eigenvalue weighted by molar-refractivity contribution is 5.69. The van der Waals surface area contributed by atoms with E-state index in [1.54, 1.807) is 6.20 Å². The van der Waals surface area contributed by atoms with Gasteiger partial charge in [0.05, 0.1) is 29.3 Å². The number of piperidine rings is 1. The molecule has 130 valence electrons. The van der Waals surface area contributed by atoms with Gasteiger partial charge in [-0.2, -0.15) is 0 Å². The third-order valence-electron chi connectivity index (χ3n) is 4.77. The molecule has 5 heteroatoms.